The SMILES string of the molecule is Cc1ccc(CC(CN2CCN(C)CCN(C)CCN(CC(=O)O)CC2)CN(CC(=O)O)CC(=O)O)cc1. The van der Waals surface area contributed by atoms with Crippen molar-refractivity contribution in [2.75, 3.05) is 99.2 Å². The minimum atomic E-state index is -1.05. The maximum absolute atomic E-state index is 11.5. The summed E-state index contributed by atoms with van der Waals surface area (Å²) in [6.07, 6.45) is 0.687. The Morgan fingerprint density at radius 1 is 0.763 bits per heavy atom. The van der Waals surface area contributed by atoms with E-state index in [1.54, 1.807) is 0 Å². The van der Waals surface area contributed by atoms with Gasteiger partial charge < -0.3 is 30.0 Å². The Morgan fingerprint density at radius 3 is 1.76 bits per heavy atom. The molecule has 1 unspecified atom stereocenters. The third-order valence-electron chi connectivity index (χ3n) is 6.95. The number of likely N-dealkylation sites (N-methyl/N-ethyl adjacent to an activating group) is 2. The highest BCUT2D eigenvalue weighted by molar-refractivity contribution is 5.72. The van der Waals surface area contributed by atoms with Crippen LogP contribution in [0.25, 0.3) is 0 Å². The molecule has 38 heavy (non-hydrogen) atoms. The summed E-state index contributed by atoms with van der Waals surface area (Å²) in [7, 11) is 4.15. The van der Waals surface area contributed by atoms with Gasteiger partial charge in [-0.15, -0.1) is 0 Å². The number of nitrogens with zero attached hydrogens (tertiary/aromatic N) is 5. The fourth-order valence-corrected chi connectivity index (χ4v) is 4.77. The molecule has 11 heteroatoms. The molecule has 1 heterocycles. The highest BCUT2D eigenvalue weighted by Crippen LogP contribution is 2.15. The van der Waals surface area contributed by atoms with Crippen LogP contribution < -0.4 is 0 Å². The van der Waals surface area contributed by atoms with Gasteiger partial charge in [0.1, 0.15) is 0 Å². The van der Waals surface area contributed by atoms with Crippen molar-refractivity contribution in [2.24, 2.45) is 5.92 Å². The van der Waals surface area contributed by atoms with Crippen molar-refractivity contribution in [3.8, 4) is 0 Å². The van der Waals surface area contributed by atoms with Gasteiger partial charge in [0.25, 0.3) is 0 Å². The molecule has 0 radical (unpaired) electrons. The van der Waals surface area contributed by atoms with E-state index >= 15 is 0 Å². The molecule has 0 aliphatic carbocycles. The lowest BCUT2D eigenvalue weighted by Crippen LogP contribution is -2.48. The van der Waals surface area contributed by atoms with Crippen molar-refractivity contribution in [3.63, 3.8) is 0 Å². The summed E-state index contributed by atoms with van der Waals surface area (Å²) < 4.78 is 0. The molecule has 0 amide bonds. The number of aryl methyl sites for hydroxylation is 1. The van der Waals surface area contributed by atoms with E-state index in [4.69, 9.17) is 0 Å². The molecular formula is C27H45N5O6. The molecule has 0 aromatic heterocycles. The van der Waals surface area contributed by atoms with Crippen molar-refractivity contribution < 1.29 is 29.7 Å². The molecule has 214 valence electrons. The first-order valence-electron chi connectivity index (χ1n) is 13.2. The Kier molecular flexibility index (Phi) is 13.7. The summed E-state index contributed by atoms with van der Waals surface area (Å²) in [4.78, 5) is 44.6. The average molecular weight is 536 g/mol. The molecule has 2 rings (SSSR count). The van der Waals surface area contributed by atoms with Gasteiger partial charge in [0.2, 0.25) is 0 Å². The van der Waals surface area contributed by atoms with Crippen molar-refractivity contribution in [1.82, 2.24) is 24.5 Å². The standard InChI is InChI=1S/C27H45N5O6/c1-22-4-6-23(7-5-22)16-24(18-32(20-26(35)36)21-27(37)38)17-30-12-10-28(2)8-9-29(3)11-13-31(15-14-30)19-25(33)34/h4-7,24H,8-21H2,1-3H3,(H,33,34)(H,35,36)(H,37,38). The number of carboxylic acid groups (broad SMARTS) is 3. The smallest absolute Gasteiger partial charge is 0.317 e. The molecular weight excluding hydrogens is 490 g/mol. The fraction of sp³-hybridized carbons (Fsp3) is 0.667. The zero-order valence-corrected chi connectivity index (χ0v) is 23.1. The van der Waals surface area contributed by atoms with E-state index in [0.717, 1.165) is 43.9 Å². The molecule has 11 nitrogen and oxygen atoms in total. The van der Waals surface area contributed by atoms with Crippen molar-refractivity contribution in [2.45, 2.75) is 13.3 Å². The Bertz CT molecular complexity index is 867. The Morgan fingerprint density at radius 2 is 1.24 bits per heavy atom. The lowest BCUT2D eigenvalue weighted by atomic mass is 9.97. The maximum atomic E-state index is 11.5. The van der Waals surface area contributed by atoms with Crippen LogP contribution in [-0.2, 0) is 20.8 Å². The van der Waals surface area contributed by atoms with Crippen LogP contribution in [-0.4, -0.2) is 157 Å². The first kappa shape index (κ1) is 31.6. The molecule has 3 N–H and O–H groups in total. The first-order chi connectivity index (χ1) is 18.0. The predicted octanol–water partition coefficient (Wildman–Crippen LogP) is 0.191. The number of hydrogen-bond acceptors (Lipinski definition) is 8. The van der Waals surface area contributed by atoms with Crippen LogP contribution in [0.3, 0.4) is 0 Å². The minimum absolute atomic E-state index is 0.00586. The molecule has 1 aromatic rings. The van der Waals surface area contributed by atoms with Crippen LogP contribution >= 0.6 is 0 Å². The third kappa shape index (κ3) is 13.3. The summed E-state index contributed by atoms with van der Waals surface area (Å²) in [5, 5.41) is 28.2. The van der Waals surface area contributed by atoms with E-state index in [1.165, 1.54) is 4.90 Å². The van der Waals surface area contributed by atoms with Crippen molar-refractivity contribution in [3.05, 3.63) is 35.4 Å². The van der Waals surface area contributed by atoms with Crippen molar-refractivity contribution in [1.29, 1.82) is 0 Å². The monoisotopic (exact) mass is 535 g/mol. The number of rotatable bonds is 12. The zero-order valence-electron chi connectivity index (χ0n) is 23.1. The van der Waals surface area contributed by atoms with Gasteiger partial charge in [0.15, 0.2) is 0 Å². The normalized spacial score (nSPS) is 18.5. The molecule has 1 atom stereocenters. The highest BCUT2D eigenvalue weighted by Gasteiger charge is 2.23. The molecule has 0 saturated carbocycles. The van der Waals surface area contributed by atoms with E-state index in [0.29, 0.717) is 39.1 Å². The number of aliphatic carboxylic acids is 3. The average Bonchev–Trinajstić information content (AvgIpc) is 2.82. The zero-order chi connectivity index (χ0) is 28.1. The van der Waals surface area contributed by atoms with E-state index < -0.39 is 17.9 Å². The van der Waals surface area contributed by atoms with Crippen LogP contribution in [0.1, 0.15) is 11.1 Å². The second kappa shape index (κ2) is 16.4. The molecule has 1 aliphatic heterocycles. The van der Waals surface area contributed by atoms with Gasteiger partial charge in [-0.05, 0) is 38.9 Å². The Labute approximate surface area is 226 Å². The lowest BCUT2D eigenvalue weighted by Gasteiger charge is -2.34. The molecule has 1 aromatic carbocycles. The summed E-state index contributed by atoms with van der Waals surface area (Å²) in [6.45, 7) is 8.49. The van der Waals surface area contributed by atoms with E-state index in [9.17, 15) is 29.7 Å². The second-order valence-electron chi connectivity index (χ2n) is 10.6. The lowest BCUT2D eigenvalue weighted by molar-refractivity contribution is -0.142. The van der Waals surface area contributed by atoms with Gasteiger partial charge in [-0.3, -0.25) is 24.2 Å². The number of hydrogen-bond donors (Lipinski definition) is 3. The number of benzene rings is 1. The van der Waals surface area contributed by atoms with Gasteiger partial charge in [-0.2, -0.15) is 0 Å². The van der Waals surface area contributed by atoms with Gasteiger partial charge in [-0.1, -0.05) is 29.8 Å². The summed E-state index contributed by atoms with van der Waals surface area (Å²) in [5.74, 6) is -2.96. The van der Waals surface area contributed by atoms with Crippen LogP contribution in [0.2, 0.25) is 0 Å². The Balaban J connectivity index is 2.23. The second-order valence-corrected chi connectivity index (χ2v) is 10.6. The predicted molar refractivity (Wildman–Crippen MR) is 146 cm³/mol. The van der Waals surface area contributed by atoms with Gasteiger partial charge >= 0.3 is 17.9 Å². The van der Waals surface area contributed by atoms with Crippen LogP contribution in [0, 0.1) is 12.8 Å². The molecule has 0 bridgehead atoms. The van der Waals surface area contributed by atoms with Crippen LogP contribution in [0.5, 0.6) is 0 Å². The summed E-state index contributed by atoms with van der Waals surface area (Å²) in [5.41, 5.74) is 2.27. The topological polar surface area (TPSA) is 128 Å². The van der Waals surface area contributed by atoms with E-state index in [-0.39, 0.29) is 25.6 Å². The summed E-state index contributed by atoms with van der Waals surface area (Å²) in [6, 6.07) is 8.22. The van der Waals surface area contributed by atoms with Crippen LogP contribution in [0.15, 0.2) is 24.3 Å². The van der Waals surface area contributed by atoms with E-state index in [1.807, 2.05) is 24.0 Å². The number of carbonyl (C=O) groups is 3. The molecule has 1 aliphatic rings. The minimum Gasteiger partial charge on any atom is -0.480 e. The molecule has 1 saturated heterocycles. The largest absolute Gasteiger partial charge is 0.480 e. The third-order valence-corrected chi connectivity index (χ3v) is 6.95. The Hall–Kier alpha value is -2.57. The van der Waals surface area contributed by atoms with Crippen molar-refractivity contribution >= 4 is 17.9 Å². The maximum Gasteiger partial charge on any atom is 0.317 e. The molecule has 0 spiro atoms. The molecule has 1 fully saturated rings. The van der Waals surface area contributed by atoms with Gasteiger partial charge in [0, 0.05) is 65.4 Å². The quantitative estimate of drug-likeness (QED) is 0.339. The van der Waals surface area contributed by atoms with Gasteiger partial charge in [0.05, 0.1) is 19.6 Å². The first-order valence-corrected chi connectivity index (χ1v) is 13.2. The highest BCUT2D eigenvalue weighted by atomic mass is 16.4. The summed E-state index contributed by atoms with van der Waals surface area (Å²) >= 11 is 0. The number of carboxylic acids is 3. The van der Waals surface area contributed by atoms with E-state index in [2.05, 4.69) is 40.9 Å². The van der Waals surface area contributed by atoms with Gasteiger partial charge in [-0.25, -0.2) is 0 Å². The fourth-order valence-electron chi connectivity index (χ4n) is 4.77. The van der Waals surface area contributed by atoms with Crippen LogP contribution in [0.4, 0.5) is 0 Å².